The Morgan fingerprint density at radius 1 is 1.19 bits per heavy atom. The van der Waals surface area contributed by atoms with E-state index in [9.17, 15) is 9.18 Å². The molecular formula is C15H13Cl2FN2O. The van der Waals surface area contributed by atoms with Crippen LogP contribution in [-0.2, 0) is 6.54 Å². The number of nitrogens with zero attached hydrogens (tertiary/aromatic N) is 1. The van der Waals surface area contributed by atoms with E-state index >= 15 is 0 Å². The van der Waals surface area contributed by atoms with E-state index in [0.717, 1.165) is 0 Å². The first kappa shape index (κ1) is 15.6. The Bertz CT molecular complexity index is 671. The molecule has 2 aromatic carbocycles. The molecule has 110 valence electrons. The Kier molecular flexibility index (Phi) is 4.70. The number of carbonyl (C=O) groups excluding carboxylic acids is 1. The zero-order valence-corrected chi connectivity index (χ0v) is 12.7. The van der Waals surface area contributed by atoms with Crippen molar-refractivity contribution < 1.29 is 9.18 Å². The molecule has 0 aromatic heterocycles. The number of hydrogen-bond donors (Lipinski definition) is 1. The minimum Gasteiger partial charge on any atom is -0.397 e. The molecular weight excluding hydrogens is 314 g/mol. The lowest BCUT2D eigenvalue weighted by atomic mass is 10.1. The van der Waals surface area contributed by atoms with Gasteiger partial charge < -0.3 is 10.6 Å². The van der Waals surface area contributed by atoms with Crippen LogP contribution in [-0.4, -0.2) is 17.9 Å². The van der Waals surface area contributed by atoms with E-state index in [1.54, 1.807) is 31.3 Å². The predicted molar refractivity (Wildman–Crippen MR) is 83.1 cm³/mol. The monoisotopic (exact) mass is 326 g/mol. The van der Waals surface area contributed by atoms with Crippen LogP contribution in [0.2, 0.25) is 10.0 Å². The average molecular weight is 327 g/mol. The van der Waals surface area contributed by atoms with Crippen LogP contribution in [0.4, 0.5) is 10.1 Å². The Balaban J connectivity index is 2.26. The number of halogens is 3. The van der Waals surface area contributed by atoms with Crippen molar-refractivity contribution in [1.82, 2.24) is 4.90 Å². The van der Waals surface area contributed by atoms with Crippen LogP contribution in [0.5, 0.6) is 0 Å². The lowest BCUT2D eigenvalue weighted by Crippen LogP contribution is -2.27. The van der Waals surface area contributed by atoms with E-state index < -0.39 is 5.82 Å². The molecule has 0 heterocycles. The molecule has 0 spiro atoms. The summed E-state index contributed by atoms with van der Waals surface area (Å²) < 4.78 is 13.8. The Labute approximate surface area is 132 Å². The van der Waals surface area contributed by atoms with Gasteiger partial charge in [-0.15, -0.1) is 0 Å². The number of nitrogen functional groups attached to an aromatic ring is 1. The van der Waals surface area contributed by atoms with Crippen molar-refractivity contribution in [2.45, 2.75) is 6.54 Å². The van der Waals surface area contributed by atoms with E-state index in [0.29, 0.717) is 5.02 Å². The van der Waals surface area contributed by atoms with Gasteiger partial charge in [0, 0.05) is 24.2 Å². The van der Waals surface area contributed by atoms with E-state index in [2.05, 4.69) is 0 Å². The highest BCUT2D eigenvalue weighted by Crippen LogP contribution is 2.25. The molecule has 0 bridgehead atoms. The summed E-state index contributed by atoms with van der Waals surface area (Å²) in [5.41, 5.74) is 6.53. The maximum absolute atomic E-state index is 13.8. The van der Waals surface area contributed by atoms with Crippen LogP contribution < -0.4 is 5.73 Å². The van der Waals surface area contributed by atoms with Gasteiger partial charge in [0.2, 0.25) is 0 Å². The van der Waals surface area contributed by atoms with Crippen LogP contribution in [0, 0.1) is 5.82 Å². The summed E-state index contributed by atoms with van der Waals surface area (Å²) >= 11 is 11.9. The third-order valence-electron chi connectivity index (χ3n) is 3.09. The van der Waals surface area contributed by atoms with Crippen LogP contribution in [0.3, 0.4) is 0 Å². The van der Waals surface area contributed by atoms with Gasteiger partial charge in [-0.25, -0.2) is 4.39 Å². The summed E-state index contributed by atoms with van der Waals surface area (Å²) in [7, 11) is 1.55. The Hall–Kier alpha value is -1.78. The quantitative estimate of drug-likeness (QED) is 0.867. The summed E-state index contributed by atoms with van der Waals surface area (Å²) in [4.78, 5) is 13.7. The van der Waals surface area contributed by atoms with E-state index in [1.165, 1.54) is 17.0 Å². The molecule has 0 aliphatic carbocycles. The number of para-hydroxylation sites is 1. The fraction of sp³-hybridized carbons (Fsp3) is 0.133. The lowest BCUT2D eigenvalue weighted by molar-refractivity contribution is 0.0785. The number of nitrogens with two attached hydrogens (primary N) is 1. The first-order valence-electron chi connectivity index (χ1n) is 6.14. The van der Waals surface area contributed by atoms with Gasteiger partial charge >= 0.3 is 0 Å². The third-order valence-corrected chi connectivity index (χ3v) is 3.77. The zero-order chi connectivity index (χ0) is 15.6. The fourth-order valence-electron chi connectivity index (χ4n) is 1.92. The van der Waals surface area contributed by atoms with Crippen LogP contribution >= 0.6 is 23.2 Å². The number of hydrogen-bond acceptors (Lipinski definition) is 2. The van der Waals surface area contributed by atoms with Gasteiger partial charge in [0.1, 0.15) is 5.82 Å². The Morgan fingerprint density at radius 2 is 1.81 bits per heavy atom. The third kappa shape index (κ3) is 3.28. The highest BCUT2D eigenvalue weighted by atomic mass is 35.5. The van der Waals surface area contributed by atoms with Crippen molar-refractivity contribution >= 4 is 34.8 Å². The number of benzene rings is 2. The first-order chi connectivity index (χ1) is 9.91. The van der Waals surface area contributed by atoms with Crippen molar-refractivity contribution in [2.75, 3.05) is 12.8 Å². The first-order valence-corrected chi connectivity index (χ1v) is 6.89. The fourth-order valence-corrected chi connectivity index (χ4v) is 2.32. The van der Waals surface area contributed by atoms with Gasteiger partial charge in [-0.2, -0.15) is 0 Å². The summed E-state index contributed by atoms with van der Waals surface area (Å²) in [5.74, 6) is -0.810. The molecule has 1 amide bonds. The normalized spacial score (nSPS) is 10.5. The summed E-state index contributed by atoms with van der Waals surface area (Å²) in [5, 5.41) is 0.576. The number of carbonyl (C=O) groups is 1. The molecule has 0 saturated heterocycles. The molecule has 3 nitrogen and oxygen atoms in total. The van der Waals surface area contributed by atoms with Gasteiger partial charge in [-0.1, -0.05) is 35.3 Å². The van der Waals surface area contributed by atoms with Crippen LogP contribution in [0.15, 0.2) is 36.4 Å². The van der Waals surface area contributed by atoms with Crippen LogP contribution in [0.1, 0.15) is 15.9 Å². The molecule has 2 rings (SSSR count). The molecule has 2 aromatic rings. The number of rotatable bonds is 3. The zero-order valence-electron chi connectivity index (χ0n) is 11.2. The molecule has 0 atom stereocenters. The minimum atomic E-state index is -0.457. The second-order valence-electron chi connectivity index (χ2n) is 4.56. The van der Waals surface area contributed by atoms with Crippen molar-refractivity contribution in [1.29, 1.82) is 0 Å². The molecule has 6 heteroatoms. The standard InChI is InChI=1S/C15H13Cl2FN2O/c1-20(8-10-11(16)5-3-7-13(10)18)15(21)9-4-2-6-12(17)14(9)19/h2-7H,8,19H2,1H3. The van der Waals surface area contributed by atoms with Gasteiger partial charge in [-0.05, 0) is 24.3 Å². The molecule has 0 fully saturated rings. The molecule has 0 saturated carbocycles. The smallest absolute Gasteiger partial charge is 0.256 e. The van der Waals surface area contributed by atoms with E-state index in [1.807, 2.05) is 0 Å². The molecule has 0 radical (unpaired) electrons. The van der Waals surface area contributed by atoms with Crippen molar-refractivity contribution in [3.05, 3.63) is 63.4 Å². The van der Waals surface area contributed by atoms with Crippen molar-refractivity contribution in [3.63, 3.8) is 0 Å². The summed E-state index contributed by atoms with van der Waals surface area (Å²) in [6, 6.07) is 9.19. The Morgan fingerprint density at radius 3 is 2.48 bits per heavy atom. The maximum Gasteiger partial charge on any atom is 0.256 e. The van der Waals surface area contributed by atoms with Gasteiger partial charge in [0.05, 0.1) is 16.3 Å². The molecule has 0 aliphatic heterocycles. The predicted octanol–water partition coefficient (Wildman–Crippen LogP) is 3.99. The minimum absolute atomic E-state index is 0.0380. The lowest BCUT2D eigenvalue weighted by Gasteiger charge is -2.19. The highest BCUT2D eigenvalue weighted by Gasteiger charge is 2.18. The van der Waals surface area contributed by atoms with E-state index in [4.69, 9.17) is 28.9 Å². The van der Waals surface area contributed by atoms with E-state index in [-0.39, 0.29) is 34.3 Å². The second-order valence-corrected chi connectivity index (χ2v) is 5.38. The van der Waals surface area contributed by atoms with Gasteiger partial charge in [0.25, 0.3) is 5.91 Å². The number of amides is 1. The van der Waals surface area contributed by atoms with Crippen molar-refractivity contribution in [2.24, 2.45) is 0 Å². The molecule has 0 aliphatic rings. The SMILES string of the molecule is CN(Cc1c(F)cccc1Cl)C(=O)c1cccc(Cl)c1N. The number of anilines is 1. The van der Waals surface area contributed by atoms with Crippen molar-refractivity contribution in [3.8, 4) is 0 Å². The molecule has 21 heavy (non-hydrogen) atoms. The maximum atomic E-state index is 13.8. The van der Waals surface area contributed by atoms with Crippen LogP contribution in [0.25, 0.3) is 0 Å². The highest BCUT2D eigenvalue weighted by molar-refractivity contribution is 6.34. The second kappa shape index (κ2) is 6.33. The largest absolute Gasteiger partial charge is 0.397 e. The van der Waals surface area contributed by atoms with Gasteiger partial charge in [0.15, 0.2) is 0 Å². The average Bonchev–Trinajstić information content (AvgIpc) is 2.45. The topological polar surface area (TPSA) is 46.3 Å². The summed E-state index contributed by atoms with van der Waals surface area (Å²) in [6.07, 6.45) is 0. The molecule has 2 N–H and O–H groups in total. The molecule has 0 unspecified atom stereocenters. The van der Waals surface area contributed by atoms with Gasteiger partial charge in [-0.3, -0.25) is 4.79 Å². The summed E-state index contributed by atoms with van der Waals surface area (Å²) in [6.45, 7) is 0.0380.